The Morgan fingerprint density at radius 1 is 1.15 bits per heavy atom. The van der Waals surface area contributed by atoms with Crippen LogP contribution >= 0.6 is 11.6 Å². The number of alkyl halides is 3. The van der Waals surface area contributed by atoms with E-state index in [1.807, 2.05) is 46.9 Å². The molecule has 8 nitrogen and oxygen atoms in total. The van der Waals surface area contributed by atoms with Gasteiger partial charge >= 0.3 is 6.36 Å². The first-order chi connectivity index (χ1) is 22.2. The Hall–Kier alpha value is -2.96. The van der Waals surface area contributed by atoms with E-state index in [4.69, 9.17) is 21.1 Å². The number of carbonyl (C=O) groups excluding carboxylic acids is 1. The fraction of sp³-hybridized carbons (Fsp3) is 0.559. The zero-order valence-electron chi connectivity index (χ0n) is 26.6. The SMILES string of the molecule is CO[C@H]1/C=C/C[C@H](C)[C@@H](C)C(=O)NS(=O)(=O)c2cc3c(cc2OC(F)(F)F)OC[C@]2(CCCc4cc(Cl)ccc42)CN3C[C@@H]2CC[C@H]21. The number of methoxy groups -OCH3 is 1. The van der Waals surface area contributed by atoms with Crippen LogP contribution in [0.25, 0.3) is 0 Å². The third-order valence-corrected chi connectivity index (χ3v) is 12.2. The van der Waals surface area contributed by atoms with Crippen molar-refractivity contribution < 1.29 is 40.6 Å². The van der Waals surface area contributed by atoms with E-state index in [9.17, 15) is 26.4 Å². The predicted molar refractivity (Wildman–Crippen MR) is 171 cm³/mol. The van der Waals surface area contributed by atoms with E-state index in [0.717, 1.165) is 55.4 Å². The lowest BCUT2D eigenvalue weighted by Gasteiger charge is -2.46. The Labute approximate surface area is 278 Å². The van der Waals surface area contributed by atoms with Crippen LogP contribution in [0.4, 0.5) is 18.9 Å². The largest absolute Gasteiger partial charge is 0.573 e. The fourth-order valence-electron chi connectivity index (χ4n) is 7.64. The lowest BCUT2D eigenvalue weighted by Crippen LogP contribution is -2.49. The standard InChI is InChI=1S/C34H40ClF3N2O6S/c1-20-6-4-8-28(44-3)25-11-9-23(25)17-40-18-33(13-5-7-22-14-24(35)10-12-26(22)33)19-45-29-16-30(46-34(36,37)38)31(15-27(29)40)47(42,43)39-32(41)21(20)2/h4,8,10,12,14-16,20-21,23,25,28H,5-7,9,11,13,17-19H2,1-3H3,(H,39,41)/b8-4+/t20-,21+,23-,25+,28-,33-/m0/s1. The van der Waals surface area contributed by atoms with Crippen LogP contribution in [0.3, 0.4) is 0 Å². The minimum Gasteiger partial charge on any atom is -0.490 e. The fourth-order valence-corrected chi connectivity index (χ4v) is 9.03. The number of benzene rings is 2. The van der Waals surface area contributed by atoms with E-state index in [1.165, 1.54) is 0 Å². The van der Waals surface area contributed by atoms with E-state index in [0.29, 0.717) is 30.2 Å². The first-order valence-corrected chi connectivity index (χ1v) is 17.9. The van der Waals surface area contributed by atoms with Crippen LogP contribution in [0, 0.1) is 23.7 Å². The molecule has 2 aromatic rings. The normalized spacial score (nSPS) is 31.3. The molecule has 0 radical (unpaired) electrons. The number of rotatable bonds is 2. The van der Waals surface area contributed by atoms with E-state index < -0.39 is 44.3 Å². The minimum absolute atomic E-state index is 0.0784. The monoisotopic (exact) mass is 696 g/mol. The molecule has 2 bridgehead atoms. The van der Waals surface area contributed by atoms with E-state index in [1.54, 1.807) is 14.0 Å². The maximum Gasteiger partial charge on any atom is 0.573 e. The van der Waals surface area contributed by atoms with Crippen LogP contribution in [0.2, 0.25) is 5.02 Å². The highest BCUT2D eigenvalue weighted by Gasteiger charge is 2.45. The van der Waals surface area contributed by atoms with Crippen LogP contribution in [0.15, 0.2) is 47.4 Å². The molecule has 0 unspecified atom stereocenters. The highest BCUT2D eigenvalue weighted by atomic mass is 35.5. The molecular weight excluding hydrogens is 657 g/mol. The first kappa shape index (κ1) is 33.9. The van der Waals surface area contributed by atoms with Gasteiger partial charge < -0.3 is 19.1 Å². The van der Waals surface area contributed by atoms with Gasteiger partial charge in [0.2, 0.25) is 5.91 Å². The Balaban J connectivity index is 1.52. The van der Waals surface area contributed by atoms with Crippen molar-refractivity contribution in [2.75, 3.05) is 31.7 Å². The number of ether oxygens (including phenoxy) is 3. The summed E-state index contributed by atoms with van der Waals surface area (Å²) in [5.41, 5.74) is 1.94. The lowest BCUT2D eigenvalue weighted by molar-refractivity contribution is -0.275. The van der Waals surface area contributed by atoms with Gasteiger partial charge in [0, 0.05) is 42.6 Å². The summed E-state index contributed by atoms with van der Waals surface area (Å²) in [5, 5.41) is 0.620. The molecular formula is C34H40ClF3N2O6S. The number of amides is 1. The minimum atomic E-state index is -5.20. The molecule has 1 saturated carbocycles. The van der Waals surface area contributed by atoms with Crippen molar-refractivity contribution in [3.63, 3.8) is 0 Å². The zero-order chi connectivity index (χ0) is 33.7. The van der Waals surface area contributed by atoms with E-state index in [-0.39, 0.29) is 36.2 Å². The highest BCUT2D eigenvalue weighted by Crippen LogP contribution is 2.49. The van der Waals surface area contributed by atoms with Crippen LogP contribution in [-0.4, -0.2) is 53.6 Å². The molecule has 2 aliphatic carbocycles. The summed E-state index contributed by atoms with van der Waals surface area (Å²) in [5.74, 6) is -2.38. The number of nitrogens with one attached hydrogen (secondary N) is 1. The number of anilines is 1. The van der Waals surface area contributed by atoms with Crippen LogP contribution in [0.5, 0.6) is 11.5 Å². The smallest absolute Gasteiger partial charge is 0.490 e. The van der Waals surface area contributed by atoms with Gasteiger partial charge in [-0.15, -0.1) is 13.2 Å². The number of nitrogens with zero attached hydrogens (tertiary/aromatic N) is 1. The van der Waals surface area contributed by atoms with Crippen molar-refractivity contribution >= 4 is 33.2 Å². The van der Waals surface area contributed by atoms with Crippen LogP contribution in [-0.2, 0) is 31.4 Å². The molecule has 47 heavy (non-hydrogen) atoms. The summed E-state index contributed by atoms with van der Waals surface area (Å²) < 4.78 is 87.3. The Morgan fingerprint density at radius 3 is 2.64 bits per heavy atom. The number of hydrogen-bond acceptors (Lipinski definition) is 7. The van der Waals surface area contributed by atoms with E-state index >= 15 is 0 Å². The molecule has 1 N–H and O–H groups in total. The molecule has 0 aromatic heterocycles. The lowest BCUT2D eigenvalue weighted by atomic mass is 9.68. The molecule has 13 heteroatoms. The molecule has 0 saturated heterocycles. The van der Waals surface area contributed by atoms with Gasteiger partial charge in [-0.2, -0.15) is 0 Å². The summed E-state index contributed by atoms with van der Waals surface area (Å²) in [7, 11) is -3.12. The Bertz CT molecular complexity index is 1670. The average Bonchev–Trinajstić information content (AvgIpc) is 3.13. The van der Waals surface area contributed by atoms with Gasteiger partial charge in [0.25, 0.3) is 10.0 Å². The summed E-state index contributed by atoms with van der Waals surface area (Å²) in [6.07, 6.45) is 3.41. The topological polar surface area (TPSA) is 94.2 Å². The first-order valence-electron chi connectivity index (χ1n) is 16.1. The number of sulfonamides is 1. The molecule has 256 valence electrons. The second-order valence-corrected chi connectivity index (χ2v) is 15.6. The van der Waals surface area contributed by atoms with Crippen molar-refractivity contribution in [2.24, 2.45) is 23.7 Å². The third kappa shape index (κ3) is 6.83. The zero-order valence-corrected chi connectivity index (χ0v) is 28.2. The average molecular weight is 697 g/mol. The van der Waals surface area contributed by atoms with Crippen molar-refractivity contribution in [3.8, 4) is 11.5 Å². The third-order valence-electron chi connectivity index (χ3n) is 10.6. The Kier molecular flexibility index (Phi) is 9.25. The molecule has 2 heterocycles. The molecule has 6 atom stereocenters. The number of halogens is 4. The maximum absolute atomic E-state index is 13.8. The van der Waals surface area contributed by atoms with Crippen molar-refractivity contribution in [1.29, 1.82) is 0 Å². The molecule has 1 amide bonds. The van der Waals surface area contributed by atoms with Gasteiger partial charge in [0.1, 0.15) is 10.6 Å². The van der Waals surface area contributed by atoms with Gasteiger partial charge in [-0.25, -0.2) is 13.1 Å². The summed E-state index contributed by atoms with van der Waals surface area (Å²) in [6.45, 7) is 4.51. The number of allylic oxidation sites excluding steroid dienone is 1. The second-order valence-electron chi connectivity index (χ2n) is 13.5. The van der Waals surface area contributed by atoms with E-state index in [2.05, 4.69) is 4.74 Å². The number of carbonyl (C=O) groups is 1. The van der Waals surface area contributed by atoms with Crippen molar-refractivity contribution in [1.82, 2.24) is 4.72 Å². The quantitative estimate of drug-likeness (QED) is 0.346. The molecule has 4 aliphatic rings. The van der Waals surface area contributed by atoms with Gasteiger partial charge in [0.15, 0.2) is 5.75 Å². The van der Waals surface area contributed by atoms with Crippen LogP contribution in [0.1, 0.15) is 57.1 Å². The molecule has 1 fully saturated rings. The number of hydrogen-bond donors (Lipinski definition) is 1. The molecule has 1 spiro atoms. The predicted octanol–water partition coefficient (Wildman–Crippen LogP) is 6.79. The Morgan fingerprint density at radius 2 is 1.94 bits per heavy atom. The highest BCUT2D eigenvalue weighted by molar-refractivity contribution is 7.90. The summed E-state index contributed by atoms with van der Waals surface area (Å²) in [4.78, 5) is 14.5. The molecule has 2 aromatic carbocycles. The van der Waals surface area contributed by atoms with Crippen molar-refractivity contribution in [3.05, 3.63) is 58.6 Å². The maximum atomic E-state index is 13.8. The molecule has 6 rings (SSSR count). The van der Waals surface area contributed by atoms with Gasteiger partial charge in [-0.05, 0) is 85.6 Å². The van der Waals surface area contributed by atoms with Crippen LogP contribution < -0.4 is 19.1 Å². The van der Waals surface area contributed by atoms with Gasteiger partial charge in [-0.3, -0.25) is 4.79 Å². The number of fused-ring (bicyclic) bond motifs is 4. The summed E-state index contributed by atoms with van der Waals surface area (Å²) >= 11 is 6.36. The van der Waals surface area contributed by atoms with Gasteiger partial charge in [0.05, 0.1) is 18.4 Å². The van der Waals surface area contributed by atoms with Gasteiger partial charge in [-0.1, -0.05) is 43.7 Å². The molecule has 2 aliphatic heterocycles. The summed E-state index contributed by atoms with van der Waals surface area (Å²) in [6, 6.07) is 7.94. The second kappa shape index (κ2) is 12.8. The van der Waals surface area contributed by atoms with Crippen molar-refractivity contribution in [2.45, 2.75) is 75.1 Å². The number of aryl methyl sites for hydroxylation is 1.